The maximum Gasteiger partial charge on any atom is 0.293 e. The number of benzene rings is 2. The van der Waals surface area contributed by atoms with Crippen molar-refractivity contribution in [2.45, 2.75) is 0 Å². The van der Waals surface area contributed by atoms with Crippen molar-refractivity contribution in [2.24, 2.45) is 0 Å². The van der Waals surface area contributed by atoms with Crippen LogP contribution in [0.5, 0.6) is 0 Å². The number of nitrogens with zero attached hydrogens (tertiary/aromatic N) is 1. The average Bonchev–Trinajstić information content (AvgIpc) is 2.34. The molecular weight excluding hydrogens is 341 g/mol. The molecule has 0 fully saturated rings. The van der Waals surface area contributed by atoms with Crippen LogP contribution < -0.4 is 5.32 Å². The largest absolute Gasteiger partial charge is 0.345 e. The van der Waals surface area contributed by atoms with E-state index in [1.807, 2.05) is 0 Å². The summed E-state index contributed by atoms with van der Waals surface area (Å²) in [7, 11) is 0. The minimum absolute atomic E-state index is 0.109. The number of nitro groups is 1. The van der Waals surface area contributed by atoms with Crippen molar-refractivity contribution in [3.05, 3.63) is 62.4 Å². The molecule has 0 aliphatic carbocycles. The lowest BCUT2D eigenvalue weighted by molar-refractivity contribution is -0.384. The van der Waals surface area contributed by atoms with Crippen LogP contribution in [-0.4, -0.2) is 4.92 Å². The number of nitrogens with one attached hydrogen (secondary N) is 1. The molecule has 0 aliphatic heterocycles. The van der Waals surface area contributed by atoms with Crippen LogP contribution >= 0.6 is 15.9 Å². The molecule has 2 aromatic carbocycles. The smallest absolute Gasteiger partial charge is 0.293 e. The first-order chi connectivity index (χ1) is 9.38. The molecule has 4 nitrogen and oxygen atoms in total. The van der Waals surface area contributed by atoms with Gasteiger partial charge in [0.25, 0.3) is 5.69 Å². The molecule has 2 aromatic rings. The number of anilines is 2. The van der Waals surface area contributed by atoms with E-state index in [4.69, 9.17) is 0 Å². The van der Waals surface area contributed by atoms with Gasteiger partial charge in [0.1, 0.15) is 17.2 Å². The number of rotatable bonds is 3. The maximum absolute atomic E-state index is 13.5. The highest BCUT2D eigenvalue weighted by Crippen LogP contribution is 2.32. The van der Waals surface area contributed by atoms with E-state index >= 15 is 0 Å². The van der Waals surface area contributed by atoms with Crippen molar-refractivity contribution in [1.29, 1.82) is 0 Å². The molecule has 8 heteroatoms. The molecule has 0 aliphatic rings. The third-order valence-corrected chi connectivity index (χ3v) is 2.92. The molecule has 0 atom stereocenters. The number of halogens is 4. The van der Waals surface area contributed by atoms with Crippen molar-refractivity contribution in [1.82, 2.24) is 0 Å². The van der Waals surface area contributed by atoms with Gasteiger partial charge in [-0.25, -0.2) is 13.2 Å². The zero-order valence-electron chi connectivity index (χ0n) is 9.66. The summed E-state index contributed by atoms with van der Waals surface area (Å²) in [6.07, 6.45) is 0. The van der Waals surface area contributed by atoms with Crippen molar-refractivity contribution < 1.29 is 18.1 Å². The normalized spacial score (nSPS) is 10.4. The second-order valence-electron chi connectivity index (χ2n) is 3.79. The molecule has 1 N–H and O–H groups in total. The summed E-state index contributed by atoms with van der Waals surface area (Å²) in [6, 6.07) is 4.90. The summed E-state index contributed by atoms with van der Waals surface area (Å²) in [5.74, 6) is -3.43. The van der Waals surface area contributed by atoms with E-state index < -0.39 is 28.1 Å². The fourth-order valence-electron chi connectivity index (χ4n) is 1.56. The molecule has 0 radical (unpaired) electrons. The van der Waals surface area contributed by atoms with Crippen LogP contribution in [0.25, 0.3) is 0 Å². The Labute approximate surface area is 119 Å². The van der Waals surface area contributed by atoms with Gasteiger partial charge in [-0.05, 0) is 12.1 Å². The summed E-state index contributed by atoms with van der Waals surface area (Å²) in [4.78, 5) is 10.2. The zero-order chi connectivity index (χ0) is 14.9. The molecule has 0 spiro atoms. The molecule has 0 saturated heterocycles. The lowest BCUT2D eigenvalue weighted by atomic mass is 10.2. The van der Waals surface area contributed by atoms with Gasteiger partial charge in [-0.15, -0.1) is 0 Å². The van der Waals surface area contributed by atoms with Crippen LogP contribution in [0.3, 0.4) is 0 Å². The van der Waals surface area contributed by atoms with Crippen molar-refractivity contribution in [3.8, 4) is 0 Å². The van der Waals surface area contributed by atoms with E-state index in [1.165, 1.54) is 18.2 Å². The highest BCUT2D eigenvalue weighted by atomic mass is 79.9. The highest BCUT2D eigenvalue weighted by molar-refractivity contribution is 9.10. The Bertz CT molecular complexity index is 671. The predicted molar refractivity (Wildman–Crippen MR) is 70.4 cm³/mol. The van der Waals surface area contributed by atoms with E-state index in [0.29, 0.717) is 16.6 Å². The topological polar surface area (TPSA) is 55.2 Å². The zero-order valence-corrected chi connectivity index (χ0v) is 11.2. The average molecular weight is 347 g/mol. The van der Waals surface area contributed by atoms with Crippen LogP contribution in [0.2, 0.25) is 0 Å². The van der Waals surface area contributed by atoms with Crippen molar-refractivity contribution in [3.63, 3.8) is 0 Å². The summed E-state index contributed by atoms with van der Waals surface area (Å²) in [5.41, 5.74) is -1.14. The SMILES string of the molecule is O=[N+]([O-])c1cc(Br)ccc1Nc1c(F)cc(F)cc1F. The quantitative estimate of drug-likeness (QED) is 0.656. The second-order valence-corrected chi connectivity index (χ2v) is 4.70. The molecule has 0 aromatic heterocycles. The second kappa shape index (κ2) is 5.49. The van der Waals surface area contributed by atoms with Crippen LogP contribution in [0.1, 0.15) is 0 Å². The molecule has 2 rings (SSSR count). The Hall–Kier alpha value is -2.09. The van der Waals surface area contributed by atoms with Gasteiger partial charge in [-0.3, -0.25) is 10.1 Å². The van der Waals surface area contributed by atoms with Gasteiger partial charge in [0, 0.05) is 22.7 Å². The Morgan fingerprint density at radius 2 is 1.70 bits per heavy atom. The van der Waals surface area contributed by atoms with E-state index in [2.05, 4.69) is 21.2 Å². The molecular formula is C12H6BrF3N2O2. The van der Waals surface area contributed by atoms with Gasteiger partial charge in [-0.1, -0.05) is 15.9 Å². The third kappa shape index (κ3) is 2.90. The predicted octanol–water partition coefficient (Wildman–Crippen LogP) is 4.52. The first kappa shape index (κ1) is 14.3. The first-order valence-corrected chi connectivity index (χ1v) is 6.03. The lowest BCUT2D eigenvalue weighted by Gasteiger charge is -2.09. The standard InChI is InChI=1S/C12H6BrF3N2O2/c13-6-1-2-10(11(3-6)18(19)20)17-12-8(15)4-7(14)5-9(12)16/h1-5,17H. The van der Waals surface area contributed by atoms with Crippen LogP contribution in [-0.2, 0) is 0 Å². The Kier molecular flexibility index (Phi) is 3.93. The van der Waals surface area contributed by atoms with Gasteiger partial charge in [0.15, 0.2) is 11.6 Å². The van der Waals surface area contributed by atoms with E-state index in [9.17, 15) is 23.3 Å². The van der Waals surface area contributed by atoms with E-state index in [-0.39, 0.29) is 11.4 Å². The van der Waals surface area contributed by atoms with Gasteiger partial charge >= 0.3 is 0 Å². The fourth-order valence-corrected chi connectivity index (χ4v) is 1.91. The lowest BCUT2D eigenvalue weighted by Crippen LogP contribution is -2.01. The molecule has 0 amide bonds. The summed E-state index contributed by atoms with van der Waals surface area (Å²) in [6.45, 7) is 0. The van der Waals surface area contributed by atoms with Gasteiger partial charge in [0.05, 0.1) is 4.92 Å². The Morgan fingerprint density at radius 1 is 1.10 bits per heavy atom. The van der Waals surface area contributed by atoms with Crippen LogP contribution in [0.4, 0.5) is 30.2 Å². The molecule has 0 unspecified atom stereocenters. The van der Waals surface area contributed by atoms with E-state index in [0.717, 1.165) is 0 Å². The Morgan fingerprint density at radius 3 is 2.25 bits per heavy atom. The molecule has 104 valence electrons. The molecule has 0 heterocycles. The highest BCUT2D eigenvalue weighted by Gasteiger charge is 2.18. The summed E-state index contributed by atoms with van der Waals surface area (Å²) >= 11 is 3.06. The van der Waals surface area contributed by atoms with Crippen molar-refractivity contribution in [2.75, 3.05) is 5.32 Å². The fraction of sp³-hybridized carbons (Fsp3) is 0. The van der Waals surface area contributed by atoms with E-state index in [1.54, 1.807) is 0 Å². The number of hydrogen-bond donors (Lipinski definition) is 1. The molecule has 0 bridgehead atoms. The summed E-state index contributed by atoms with van der Waals surface area (Å²) < 4.78 is 40.2. The number of hydrogen-bond acceptors (Lipinski definition) is 3. The molecule has 20 heavy (non-hydrogen) atoms. The maximum atomic E-state index is 13.5. The minimum Gasteiger partial charge on any atom is -0.345 e. The van der Waals surface area contributed by atoms with Crippen molar-refractivity contribution >= 4 is 33.0 Å². The first-order valence-electron chi connectivity index (χ1n) is 5.24. The van der Waals surface area contributed by atoms with Crippen LogP contribution in [0, 0.1) is 27.6 Å². The van der Waals surface area contributed by atoms with Gasteiger partial charge in [-0.2, -0.15) is 0 Å². The monoisotopic (exact) mass is 346 g/mol. The van der Waals surface area contributed by atoms with Gasteiger partial charge < -0.3 is 5.32 Å². The minimum atomic E-state index is -1.18. The third-order valence-electron chi connectivity index (χ3n) is 2.42. The Balaban J connectivity index is 2.48. The molecule has 0 saturated carbocycles. The van der Waals surface area contributed by atoms with Gasteiger partial charge in [0.2, 0.25) is 0 Å². The summed E-state index contributed by atoms with van der Waals surface area (Å²) in [5, 5.41) is 13.2. The van der Waals surface area contributed by atoms with Crippen LogP contribution in [0.15, 0.2) is 34.8 Å². The number of nitro benzene ring substituents is 1.